The molecule has 0 bridgehead atoms. The first-order valence-corrected chi connectivity index (χ1v) is 8.38. The van der Waals surface area contributed by atoms with Crippen molar-refractivity contribution >= 4 is 12.0 Å². The average molecular weight is 335 g/mol. The van der Waals surface area contributed by atoms with E-state index in [-0.39, 0.29) is 12.5 Å². The molecule has 1 rings (SSSR count). The van der Waals surface area contributed by atoms with Crippen molar-refractivity contribution in [3.05, 3.63) is 35.9 Å². The van der Waals surface area contributed by atoms with Gasteiger partial charge in [-0.15, -0.1) is 0 Å². The summed E-state index contributed by atoms with van der Waals surface area (Å²) in [6, 6.07) is 9.40. The van der Waals surface area contributed by atoms with E-state index in [1.807, 2.05) is 30.3 Å². The molecule has 24 heavy (non-hydrogen) atoms. The fraction of sp³-hybridized carbons (Fsp3) is 0.556. The molecule has 6 nitrogen and oxygen atoms in total. The fourth-order valence-corrected chi connectivity index (χ4v) is 2.16. The average Bonchev–Trinajstić information content (AvgIpc) is 2.57. The minimum Gasteiger partial charge on any atom is -0.445 e. The molecule has 0 aliphatic rings. The molecule has 6 heteroatoms. The normalized spacial score (nSPS) is 11.2. The number of carbonyl (C=O) groups excluding carboxylic acids is 2. The smallest absolute Gasteiger partial charge is 0.408 e. The number of hydrogen-bond donors (Lipinski definition) is 2. The standard InChI is InChI=1S/C18H29N3O3/c1-5-21(6-2)13-12-19-16(22)18(3,4)20-17(23)24-14-15-10-8-7-9-11-15/h7-11H,5-6,12-14H2,1-4H3,(H,19,22)(H,20,23). The Morgan fingerprint density at radius 3 is 2.33 bits per heavy atom. The molecule has 0 spiro atoms. The number of ether oxygens (including phenoxy) is 1. The van der Waals surface area contributed by atoms with Crippen LogP contribution in [-0.4, -0.2) is 48.6 Å². The van der Waals surface area contributed by atoms with Crippen molar-refractivity contribution < 1.29 is 14.3 Å². The second-order valence-corrected chi connectivity index (χ2v) is 6.09. The summed E-state index contributed by atoms with van der Waals surface area (Å²) >= 11 is 0. The molecule has 2 amide bonds. The van der Waals surface area contributed by atoms with Crippen molar-refractivity contribution in [2.24, 2.45) is 0 Å². The zero-order chi connectivity index (χ0) is 18.0. The lowest BCUT2D eigenvalue weighted by atomic mass is 10.1. The Hall–Kier alpha value is -2.08. The number of nitrogens with zero attached hydrogens (tertiary/aromatic N) is 1. The molecular formula is C18H29N3O3. The third-order valence-corrected chi connectivity index (χ3v) is 3.80. The van der Waals surface area contributed by atoms with Crippen LogP contribution < -0.4 is 10.6 Å². The largest absolute Gasteiger partial charge is 0.445 e. The molecule has 0 fully saturated rings. The van der Waals surface area contributed by atoms with Crippen molar-refractivity contribution in [3.8, 4) is 0 Å². The van der Waals surface area contributed by atoms with Crippen LogP contribution in [0.4, 0.5) is 4.79 Å². The van der Waals surface area contributed by atoms with Crippen LogP contribution in [0.3, 0.4) is 0 Å². The van der Waals surface area contributed by atoms with Crippen LogP contribution in [0.15, 0.2) is 30.3 Å². The molecule has 0 saturated carbocycles. The maximum Gasteiger partial charge on any atom is 0.408 e. The zero-order valence-electron chi connectivity index (χ0n) is 15.1. The lowest BCUT2D eigenvalue weighted by Gasteiger charge is -2.25. The highest BCUT2D eigenvalue weighted by atomic mass is 16.5. The Balaban J connectivity index is 2.37. The van der Waals surface area contributed by atoms with Gasteiger partial charge in [-0.2, -0.15) is 0 Å². The number of benzene rings is 1. The minimum atomic E-state index is -1.03. The quantitative estimate of drug-likeness (QED) is 0.725. The molecule has 1 aromatic carbocycles. The van der Waals surface area contributed by atoms with Crippen LogP contribution in [0, 0.1) is 0 Å². The van der Waals surface area contributed by atoms with Crippen molar-refractivity contribution in [1.29, 1.82) is 0 Å². The molecule has 2 N–H and O–H groups in total. The summed E-state index contributed by atoms with van der Waals surface area (Å²) in [6.45, 7) is 10.9. The predicted octanol–water partition coefficient (Wildman–Crippen LogP) is 2.15. The van der Waals surface area contributed by atoms with Crippen LogP contribution >= 0.6 is 0 Å². The molecule has 0 unspecified atom stereocenters. The zero-order valence-corrected chi connectivity index (χ0v) is 15.1. The number of rotatable bonds is 9. The van der Waals surface area contributed by atoms with E-state index in [0.29, 0.717) is 6.54 Å². The maximum atomic E-state index is 12.2. The number of nitrogens with one attached hydrogen (secondary N) is 2. The minimum absolute atomic E-state index is 0.173. The van der Waals surface area contributed by atoms with Crippen LogP contribution in [-0.2, 0) is 16.1 Å². The van der Waals surface area contributed by atoms with Crippen LogP contribution in [0.25, 0.3) is 0 Å². The van der Waals surface area contributed by atoms with Crippen molar-refractivity contribution in [2.45, 2.75) is 39.8 Å². The van der Waals surface area contributed by atoms with Gasteiger partial charge in [-0.25, -0.2) is 4.79 Å². The van der Waals surface area contributed by atoms with Crippen LogP contribution in [0.2, 0.25) is 0 Å². The van der Waals surface area contributed by atoms with Crippen molar-refractivity contribution in [2.75, 3.05) is 26.2 Å². The summed E-state index contributed by atoms with van der Waals surface area (Å²) in [5.74, 6) is -0.230. The first-order chi connectivity index (χ1) is 11.4. The SMILES string of the molecule is CCN(CC)CCNC(=O)C(C)(C)NC(=O)OCc1ccccc1. The van der Waals surface area contributed by atoms with Gasteiger partial charge in [0.25, 0.3) is 0 Å². The number of amides is 2. The van der Waals surface area contributed by atoms with Gasteiger partial charge in [0.2, 0.25) is 5.91 Å². The van der Waals surface area contributed by atoms with E-state index >= 15 is 0 Å². The predicted molar refractivity (Wildman–Crippen MR) is 94.6 cm³/mol. The summed E-state index contributed by atoms with van der Waals surface area (Å²) < 4.78 is 5.15. The van der Waals surface area contributed by atoms with Gasteiger partial charge in [-0.3, -0.25) is 4.79 Å². The summed E-state index contributed by atoms with van der Waals surface area (Å²) in [7, 11) is 0. The van der Waals surface area contributed by atoms with Crippen LogP contribution in [0.1, 0.15) is 33.3 Å². The second-order valence-electron chi connectivity index (χ2n) is 6.09. The highest BCUT2D eigenvalue weighted by Gasteiger charge is 2.29. The van der Waals surface area contributed by atoms with Gasteiger partial charge in [0.15, 0.2) is 0 Å². The van der Waals surface area contributed by atoms with Gasteiger partial charge in [0, 0.05) is 13.1 Å². The van der Waals surface area contributed by atoms with Gasteiger partial charge in [-0.05, 0) is 32.5 Å². The maximum absolute atomic E-state index is 12.2. The van der Waals surface area contributed by atoms with Gasteiger partial charge in [-0.1, -0.05) is 44.2 Å². The van der Waals surface area contributed by atoms with E-state index in [2.05, 4.69) is 29.4 Å². The van der Waals surface area contributed by atoms with E-state index < -0.39 is 11.6 Å². The Morgan fingerprint density at radius 1 is 1.12 bits per heavy atom. The topological polar surface area (TPSA) is 70.7 Å². The van der Waals surface area contributed by atoms with Crippen molar-refractivity contribution in [1.82, 2.24) is 15.5 Å². The molecule has 0 aliphatic carbocycles. The monoisotopic (exact) mass is 335 g/mol. The molecule has 0 atom stereocenters. The molecular weight excluding hydrogens is 306 g/mol. The van der Waals surface area contributed by atoms with Gasteiger partial charge < -0.3 is 20.3 Å². The Bertz CT molecular complexity index is 514. The van der Waals surface area contributed by atoms with Crippen LogP contribution in [0.5, 0.6) is 0 Å². The first-order valence-electron chi connectivity index (χ1n) is 8.38. The number of likely N-dealkylation sites (N-methyl/N-ethyl adjacent to an activating group) is 1. The molecule has 0 aliphatic heterocycles. The first kappa shape index (κ1) is 20.0. The summed E-state index contributed by atoms with van der Waals surface area (Å²) in [6.07, 6.45) is -0.609. The lowest BCUT2D eigenvalue weighted by Crippen LogP contribution is -2.55. The Morgan fingerprint density at radius 2 is 1.75 bits per heavy atom. The molecule has 1 aromatic rings. The van der Waals surface area contributed by atoms with Gasteiger partial charge in [0.1, 0.15) is 12.1 Å². The van der Waals surface area contributed by atoms with E-state index in [4.69, 9.17) is 4.74 Å². The number of hydrogen-bond acceptors (Lipinski definition) is 4. The van der Waals surface area contributed by atoms with E-state index in [1.54, 1.807) is 13.8 Å². The van der Waals surface area contributed by atoms with E-state index in [0.717, 1.165) is 25.2 Å². The van der Waals surface area contributed by atoms with Crippen molar-refractivity contribution in [3.63, 3.8) is 0 Å². The third kappa shape index (κ3) is 7.00. The summed E-state index contributed by atoms with van der Waals surface area (Å²) in [4.78, 5) is 26.3. The summed E-state index contributed by atoms with van der Waals surface area (Å²) in [5, 5.41) is 5.46. The fourth-order valence-electron chi connectivity index (χ4n) is 2.16. The number of carbonyl (C=O) groups is 2. The second kappa shape index (κ2) is 9.93. The Labute approximate surface area is 144 Å². The highest BCUT2D eigenvalue weighted by Crippen LogP contribution is 2.05. The van der Waals surface area contributed by atoms with E-state index in [1.165, 1.54) is 0 Å². The third-order valence-electron chi connectivity index (χ3n) is 3.80. The summed E-state index contributed by atoms with van der Waals surface area (Å²) in [5.41, 5.74) is -0.133. The van der Waals surface area contributed by atoms with E-state index in [9.17, 15) is 9.59 Å². The Kier molecular flexibility index (Phi) is 8.26. The van der Waals surface area contributed by atoms with Gasteiger partial charge in [0.05, 0.1) is 0 Å². The highest BCUT2D eigenvalue weighted by molar-refractivity contribution is 5.89. The molecule has 0 heterocycles. The molecule has 0 saturated heterocycles. The van der Waals surface area contributed by atoms with Gasteiger partial charge >= 0.3 is 6.09 Å². The molecule has 0 radical (unpaired) electrons. The number of alkyl carbamates (subject to hydrolysis) is 1. The molecule has 0 aromatic heterocycles. The molecule has 134 valence electrons. The lowest BCUT2D eigenvalue weighted by molar-refractivity contribution is -0.126.